The van der Waals surface area contributed by atoms with Crippen LogP contribution in [0, 0.1) is 0 Å². The van der Waals surface area contributed by atoms with E-state index in [0.29, 0.717) is 12.6 Å². The van der Waals surface area contributed by atoms with Crippen LogP contribution in [0.5, 0.6) is 5.75 Å². The monoisotopic (exact) mass is 315 g/mol. The topological polar surface area (TPSA) is 46.5 Å². The maximum atomic E-state index is 12.3. The van der Waals surface area contributed by atoms with Crippen molar-refractivity contribution >= 4 is 16.8 Å². The lowest BCUT2D eigenvalue weighted by atomic mass is 10.2. The number of fused-ring (bicyclic) bond motifs is 1. The Bertz CT molecular complexity index is 680. The van der Waals surface area contributed by atoms with Crippen LogP contribution in [0.2, 0.25) is 0 Å². The minimum absolute atomic E-state index is 0.0706. The Morgan fingerprint density at radius 3 is 3.04 bits per heavy atom. The Labute approximate surface area is 137 Å². The Morgan fingerprint density at radius 1 is 1.39 bits per heavy atom. The van der Waals surface area contributed by atoms with Gasteiger partial charge >= 0.3 is 0 Å². The summed E-state index contributed by atoms with van der Waals surface area (Å²) < 4.78 is 7.22. The number of carbonyl (C=O) groups excluding carboxylic acids is 1. The van der Waals surface area contributed by atoms with Crippen molar-refractivity contribution < 1.29 is 9.53 Å². The zero-order chi connectivity index (χ0) is 16.2. The van der Waals surface area contributed by atoms with Gasteiger partial charge in [-0.15, -0.1) is 0 Å². The second-order valence-electron chi connectivity index (χ2n) is 6.10. The van der Waals surface area contributed by atoms with Crippen molar-refractivity contribution in [2.45, 2.75) is 32.4 Å². The molecule has 1 saturated heterocycles. The maximum absolute atomic E-state index is 12.3. The van der Waals surface area contributed by atoms with Crippen LogP contribution in [0.3, 0.4) is 0 Å². The van der Waals surface area contributed by atoms with Gasteiger partial charge in [-0.1, -0.05) is 6.92 Å². The molecule has 1 aliphatic rings. The second kappa shape index (κ2) is 7.04. The molecule has 0 saturated carbocycles. The molecule has 1 atom stereocenters. The van der Waals surface area contributed by atoms with E-state index in [0.717, 1.165) is 36.3 Å². The molecule has 1 aromatic heterocycles. The van der Waals surface area contributed by atoms with Crippen LogP contribution in [0.25, 0.3) is 10.9 Å². The number of likely N-dealkylation sites (tertiary alicyclic amines) is 1. The summed E-state index contributed by atoms with van der Waals surface area (Å²) in [6, 6.07) is 8.42. The number of nitrogens with one attached hydrogen (secondary N) is 1. The summed E-state index contributed by atoms with van der Waals surface area (Å²) in [4.78, 5) is 14.7. The predicted octanol–water partition coefficient (Wildman–Crippen LogP) is 2.25. The highest BCUT2D eigenvalue weighted by Crippen LogP contribution is 2.21. The van der Waals surface area contributed by atoms with Crippen LogP contribution in [0.15, 0.2) is 30.5 Å². The van der Waals surface area contributed by atoms with E-state index in [2.05, 4.69) is 17.1 Å². The van der Waals surface area contributed by atoms with E-state index >= 15 is 0 Å². The molecule has 0 spiro atoms. The number of carbonyl (C=O) groups is 1. The molecule has 0 aliphatic carbocycles. The minimum Gasteiger partial charge on any atom is -0.497 e. The fraction of sp³-hybridized carbons (Fsp3) is 0.500. The third kappa shape index (κ3) is 3.50. The summed E-state index contributed by atoms with van der Waals surface area (Å²) in [5.74, 6) is 0.905. The highest BCUT2D eigenvalue weighted by molar-refractivity contribution is 5.84. The molecule has 1 N–H and O–H groups in total. The van der Waals surface area contributed by atoms with E-state index in [1.165, 1.54) is 12.8 Å². The summed E-state index contributed by atoms with van der Waals surface area (Å²) >= 11 is 0. The molecule has 2 heterocycles. The number of benzene rings is 1. The van der Waals surface area contributed by atoms with Gasteiger partial charge < -0.3 is 14.6 Å². The predicted molar refractivity (Wildman–Crippen MR) is 91.8 cm³/mol. The van der Waals surface area contributed by atoms with E-state index in [1.807, 2.05) is 35.0 Å². The highest BCUT2D eigenvalue weighted by atomic mass is 16.5. The number of rotatable bonds is 6. The van der Waals surface area contributed by atoms with Gasteiger partial charge in [0.2, 0.25) is 5.91 Å². The van der Waals surface area contributed by atoms with Crippen LogP contribution in [0.4, 0.5) is 0 Å². The number of hydrogen-bond donors (Lipinski definition) is 1. The summed E-state index contributed by atoms with van der Waals surface area (Å²) in [6.45, 7) is 5.50. The van der Waals surface area contributed by atoms with Crippen molar-refractivity contribution in [1.29, 1.82) is 0 Å². The number of hydrogen-bond acceptors (Lipinski definition) is 3. The molecule has 1 aliphatic heterocycles. The van der Waals surface area contributed by atoms with Crippen LogP contribution in [0.1, 0.15) is 19.8 Å². The van der Waals surface area contributed by atoms with E-state index in [-0.39, 0.29) is 5.91 Å². The number of likely N-dealkylation sites (N-methyl/N-ethyl adjacent to an activating group) is 1. The van der Waals surface area contributed by atoms with Crippen molar-refractivity contribution in [2.24, 2.45) is 0 Å². The molecule has 0 unspecified atom stereocenters. The summed E-state index contributed by atoms with van der Waals surface area (Å²) in [6.07, 6.45) is 4.37. The van der Waals surface area contributed by atoms with Crippen molar-refractivity contribution in [3.05, 3.63) is 30.5 Å². The molecule has 1 aromatic carbocycles. The van der Waals surface area contributed by atoms with Gasteiger partial charge in [-0.25, -0.2) is 0 Å². The minimum atomic E-state index is 0.0706. The molecule has 124 valence electrons. The fourth-order valence-electron chi connectivity index (χ4n) is 3.43. The van der Waals surface area contributed by atoms with Crippen LogP contribution >= 0.6 is 0 Å². The number of nitrogens with zero attached hydrogens (tertiary/aromatic N) is 2. The van der Waals surface area contributed by atoms with E-state index in [9.17, 15) is 4.79 Å². The third-order valence-electron chi connectivity index (χ3n) is 4.73. The molecular weight excluding hydrogens is 290 g/mol. The van der Waals surface area contributed by atoms with Crippen LogP contribution in [-0.4, -0.2) is 48.2 Å². The second-order valence-corrected chi connectivity index (χ2v) is 6.10. The fourth-order valence-corrected chi connectivity index (χ4v) is 3.43. The number of aromatic nitrogens is 1. The molecule has 5 heteroatoms. The number of methoxy groups -OCH3 is 1. The molecular formula is C18H25N3O2. The van der Waals surface area contributed by atoms with Crippen LogP contribution in [-0.2, 0) is 11.3 Å². The first-order valence-electron chi connectivity index (χ1n) is 8.35. The van der Waals surface area contributed by atoms with Gasteiger partial charge in [-0.2, -0.15) is 0 Å². The molecule has 0 radical (unpaired) electrons. The molecule has 3 rings (SSSR count). The Balaban J connectivity index is 1.59. The van der Waals surface area contributed by atoms with Gasteiger partial charge in [-0.3, -0.25) is 9.69 Å². The SMILES string of the molecule is CCN1CCC[C@@H]1CNC(=O)Cn1ccc2cc(OC)ccc21. The molecule has 5 nitrogen and oxygen atoms in total. The zero-order valence-corrected chi connectivity index (χ0v) is 13.9. The standard InChI is InChI=1S/C18H25N3O2/c1-3-20-9-4-5-15(20)12-19-18(22)13-21-10-8-14-11-16(23-2)6-7-17(14)21/h6-8,10-11,15H,3-5,9,12-13H2,1-2H3,(H,19,22)/t15-/m1/s1. The molecule has 1 amide bonds. The van der Waals surface area contributed by atoms with Gasteiger partial charge in [0.05, 0.1) is 7.11 Å². The molecule has 0 bridgehead atoms. The largest absolute Gasteiger partial charge is 0.497 e. The normalized spacial score (nSPS) is 18.4. The third-order valence-corrected chi connectivity index (χ3v) is 4.73. The van der Waals surface area contributed by atoms with E-state index < -0.39 is 0 Å². The Hall–Kier alpha value is -2.01. The number of ether oxygens (including phenoxy) is 1. The maximum Gasteiger partial charge on any atom is 0.239 e. The van der Waals surface area contributed by atoms with Crippen molar-refractivity contribution in [2.75, 3.05) is 26.7 Å². The van der Waals surface area contributed by atoms with E-state index in [1.54, 1.807) is 7.11 Å². The summed E-state index contributed by atoms with van der Waals surface area (Å²) in [7, 11) is 1.66. The molecule has 2 aromatic rings. The van der Waals surface area contributed by atoms with Gasteiger partial charge in [0, 0.05) is 29.7 Å². The van der Waals surface area contributed by atoms with E-state index in [4.69, 9.17) is 4.74 Å². The lowest BCUT2D eigenvalue weighted by molar-refractivity contribution is -0.121. The first-order valence-corrected chi connectivity index (χ1v) is 8.35. The molecule has 23 heavy (non-hydrogen) atoms. The van der Waals surface area contributed by atoms with Gasteiger partial charge in [0.25, 0.3) is 0 Å². The highest BCUT2D eigenvalue weighted by Gasteiger charge is 2.23. The zero-order valence-electron chi connectivity index (χ0n) is 13.9. The number of amides is 1. The van der Waals surface area contributed by atoms with Crippen molar-refractivity contribution in [3.63, 3.8) is 0 Å². The summed E-state index contributed by atoms with van der Waals surface area (Å²) in [5, 5.41) is 4.18. The Morgan fingerprint density at radius 2 is 2.26 bits per heavy atom. The first-order chi connectivity index (χ1) is 11.2. The lowest BCUT2D eigenvalue weighted by Crippen LogP contribution is -2.40. The average molecular weight is 315 g/mol. The average Bonchev–Trinajstić information content (AvgIpc) is 3.19. The first kappa shape index (κ1) is 15.9. The summed E-state index contributed by atoms with van der Waals surface area (Å²) in [5.41, 5.74) is 1.05. The van der Waals surface area contributed by atoms with Gasteiger partial charge in [-0.05, 0) is 50.2 Å². The Kier molecular flexibility index (Phi) is 4.86. The van der Waals surface area contributed by atoms with Crippen LogP contribution < -0.4 is 10.1 Å². The van der Waals surface area contributed by atoms with Crippen molar-refractivity contribution in [1.82, 2.24) is 14.8 Å². The molecule has 1 fully saturated rings. The van der Waals surface area contributed by atoms with Crippen molar-refractivity contribution in [3.8, 4) is 5.75 Å². The van der Waals surface area contributed by atoms with Gasteiger partial charge in [0.15, 0.2) is 0 Å². The smallest absolute Gasteiger partial charge is 0.239 e. The quantitative estimate of drug-likeness (QED) is 0.889. The van der Waals surface area contributed by atoms with Gasteiger partial charge in [0.1, 0.15) is 12.3 Å². The lowest BCUT2D eigenvalue weighted by Gasteiger charge is -2.22.